The average Bonchev–Trinajstić information content (AvgIpc) is 1.67. The van der Waals surface area contributed by atoms with Crippen LogP contribution in [0.25, 0.3) is 0 Å². The number of carbonyl (C=O) groups excluding carboxylic acids is 13. The fourth-order valence-corrected chi connectivity index (χ4v) is 13.2. The molecular weight excluding hydrogens is 1420 g/mol. The van der Waals surface area contributed by atoms with Crippen LogP contribution in [0.1, 0.15) is 151 Å². The number of ether oxygens (including phenoxy) is 4. The number of rotatable bonds is 57. The number of hydrogen-bond donors (Lipinski definition) is 17. The van der Waals surface area contributed by atoms with Gasteiger partial charge in [0.05, 0.1) is 82.9 Å². The summed E-state index contributed by atoms with van der Waals surface area (Å²) in [6.45, 7) is 15.6. The highest BCUT2D eigenvalue weighted by atomic mass is 32.2. The molecule has 2 aliphatic heterocycles. The number of aliphatic hydroxyl groups excluding tert-OH is 2. The molecule has 34 nitrogen and oxygen atoms in total. The molecule has 1 aromatic rings. The summed E-state index contributed by atoms with van der Waals surface area (Å²) in [5.74, 6) is -9.59. The third kappa shape index (κ3) is 34.8. The second-order valence-electron chi connectivity index (χ2n) is 27.8. The van der Waals surface area contributed by atoms with Crippen molar-refractivity contribution < 1.29 is 91.5 Å². The van der Waals surface area contributed by atoms with Crippen molar-refractivity contribution in [3.05, 3.63) is 35.9 Å². The molecule has 0 unspecified atom stereocenters. The number of amides is 13. The van der Waals surface area contributed by atoms with E-state index in [9.17, 15) is 72.5 Å². The highest BCUT2D eigenvalue weighted by Gasteiger charge is 2.43. The van der Waals surface area contributed by atoms with E-state index >= 15 is 0 Å². The zero-order chi connectivity index (χ0) is 80.3. The lowest BCUT2D eigenvalue weighted by molar-refractivity contribution is -0.151. The molecule has 1 aromatic carbocycles. The van der Waals surface area contributed by atoms with Crippen LogP contribution in [0.5, 0.6) is 0 Å². The summed E-state index contributed by atoms with van der Waals surface area (Å²) in [7, 11) is 2.97. The van der Waals surface area contributed by atoms with Gasteiger partial charge >= 0.3 is 12.0 Å². The van der Waals surface area contributed by atoms with Crippen molar-refractivity contribution in [2.75, 3.05) is 92.3 Å². The van der Waals surface area contributed by atoms with Crippen molar-refractivity contribution >= 4 is 88.7 Å². The van der Waals surface area contributed by atoms with E-state index in [4.69, 9.17) is 24.7 Å². The molecule has 612 valence electrons. The van der Waals surface area contributed by atoms with Gasteiger partial charge in [0.1, 0.15) is 42.4 Å². The van der Waals surface area contributed by atoms with Crippen molar-refractivity contribution in [1.82, 2.24) is 74.4 Å². The number of hydrogen-bond acceptors (Lipinski definition) is 22. The van der Waals surface area contributed by atoms with Gasteiger partial charge in [0.15, 0.2) is 0 Å². The minimum atomic E-state index is -1.69. The summed E-state index contributed by atoms with van der Waals surface area (Å²) < 4.78 is 22.6. The molecule has 0 aliphatic carbocycles. The smallest absolute Gasteiger partial charge is 0.315 e. The number of nitrogens with two attached hydrogens (primary N) is 1. The summed E-state index contributed by atoms with van der Waals surface area (Å²) in [6.07, 6.45) is 3.41. The minimum absolute atomic E-state index is 0.00192. The predicted molar refractivity (Wildman–Crippen MR) is 405 cm³/mol. The molecule has 0 saturated carbocycles. The van der Waals surface area contributed by atoms with Gasteiger partial charge in [-0.3, -0.25) is 57.5 Å². The molecule has 13 amide bonds. The van der Waals surface area contributed by atoms with Gasteiger partial charge in [-0.25, -0.2) is 4.79 Å². The fourth-order valence-electron chi connectivity index (χ4n) is 11.7. The summed E-state index contributed by atoms with van der Waals surface area (Å²) >= 11 is 1.86. The molecule has 3 rings (SSSR count). The largest absolute Gasteiger partial charge is 0.460 e. The number of urea groups is 1. The highest BCUT2D eigenvalue weighted by Crippen LogP contribution is 2.33. The van der Waals surface area contributed by atoms with Gasteiger partial charge in [-0.2, -0.15) is 11.8 Å². The van der Waals surface area contributed by atoms with E-state index in [1.54, 1.807) is 48.6 Å². The standard InChI is InChI=1S/C73H125N15O19S/c1-12-43(5)36-60(94)107-47(9)52(39-79-51(65(95)76-11)38-59(93)78-29-31-105-33-35-106-34-32-104-30-21-28-77-58(92)25-20-19-24-56-64-55(42-108-56)84-73(103)88-64)81-69(99)54(41-90)83-71(101)62(45(7)14-3)87-72(102)63(46(8)15-4)85-66(96)49(26-27-57(74)91)80-68(98)53(40-89)82-70(100)61(44(6)13-2)86-67(97)50(75-10)37-48-22-17-16-18-23-48/h16-18,22-23,43-47,49-56,61-64,75,79,89-90H,12-15,19-21,24-42H2,1-11H3,(H2,74,91)(H,76,95)(H,77,92)(H,78,93)(H,80,98)(H,81,99)(H,82,100)(H,83,101)(H,85,96)(H,86,97)(H,87,102)(H2,84,88,103)/t43-,44-,45-,46-,47-,49+,50+,51-,52-,53-,54-,55-,56-,61-,62-,63+,64-/m0/s1. The van der Waals surface area contributed by atoms with Crippen LogP contribution in [-0.4, -0.2) is 257 Å². The van der Waals surface area contributed by atoms with E-state index in [1.807, 2.05) is 55.9 Å². The fraction of sp³-hybridized carbons (Fsp3) is 0.740. The zero-order valence-corrected chi connectivity index (χ0v) is 65.7. The normalized spacial score (nSPS) is 18.4. The topological polar surface area (TPSA) is 494 Å². The number of carbonyl (C=O) groups is 13. The summed E-state index contributed by atoms with van der Waals surface area (Å²) in [5, 5.41) is 59.8. The maximum absolute atomic E-state index is 14.5. The Labute approximate surface area is 639 Å². The lowest BCUT2D eigenvalue weighted by atomic mass is 9.94. The molecule has 108 heavy (non-hydrogen) atoms. The lowest BCUT2D eigenvalue weighted by Crippen LogP contribution is -2.63. The van der Waals surface area contributed by atoms with E-state index in [0.29, 0.717) is 63.7 Å². The molecule has 0 bridgehead atoms. The van der Waals surface area contributed by atoms with Gasteiger partial charge in [-0.1, -0.05) is 118 Å². The van der Waals surface area contributed by atoms with Crippen LogP contribution in [0.3, 0.4) is 0 Å². The zero-order valence-electron chi connectivity index (χ0n) is 64.9. The van der Waals surface area contributed by atoms with Crippen LogP contribution in [-0.2, 0) is 82.9 Å². The van der Waals surface area contributed by atoms with Gasteiger partial charge < -0.3 is 109 Å². The number of thioether (sulfide) groups is 1. The van der Waals surface area contributed by atoms with Crippen LogP contribution in [0.15, 0.2) is 30.3 Å². The number of fused-ring (bicyclic) bond motifs is 1. The van der Waals surface area contributed by atoms with Crippen LogP contribution in [0.4, 0.5) is 4.79 Å². The number of aliphatic hydroxyl groups is 2. The quantitative estimate of drug-likeness (QED) is 0.0200. The maximum atomic E-state index is 14.5. The molecular formula is C73H125N15O19S. The maximum Gasteiger partial charge on any atom is 0.315 e. The van der Waals surface area contributed by atoms with E-state index < -0.39 is 169 Å². The first kappa shape index (κ1) is 94.4. The molecule has 18 N–H and O–H groups in total. The Bertz CT molecular complexity index is 2980. The summed E-state index contributed by atoms with van der Waals surface area (Å²) in [6, 6.07) is -2.59. The van der Waals surface area contributed by atoms with E-state index in [0.717, 1.165) is 30.6 Å². The summed E-state index contributed by atoms with van der Waals surface area (Å²) in [5.41, 5.74) is 6.34. The predicted octanol–water partition coefficient (Wildman–Crippen LogP) is -1.54. The van der Waals surface area contributed by atoms with Gasteiger partial charge in [-0.05, 0) is 75.3 Å². The van der Waals surface area contributed by atoms with Crippen LogP contribution in [0, 0.1) is 23.7 Å². The number of primary amides is 1. The van der Waals surface area contributed by atoms with Crippen LogP contribution in [0.2, 0.25) is 0 Å². The van der Waals surface area contributed by atoms with Gasteiger partial charge in [0, 0.05) is 63.6 Å². The molecule has 2 saturated heterocycles. The Hall–Kier alpha value is -7.80. The Morgan fingerprint density at radius 1 is 0.556 bits per heavy atom. The molecule has 0 aromatic heterocycles. The molecule has 2 aliphatic rings. The number of benzene rings is 1. The van der Waals surface area contributed by atoms with Crippen molar-refractivity contribution in [1.29, 1.82) is 0 Å². The Kier molecular flexibility index (Phi) is 45.7. The van der Waals surface area contributed by atoms with Crippen LogP contribution < -0.4 is 80.2 Å². The Morgan fingerprint density at radius 3 is 1.62 bits per heavy atom. The van der Waals surface area contributed by atoms with Crippen molar-refractivity contribution in [2.45, 2.75) is 230 Å². The first-order valence-electron chi connectivity index (χ1n) is 38.0. The first-order chi connectivity index (χ1) is 51.6. The number of likely N-dealkylation sites (N-methyl/N-ethyl adjacent to an activating group) is 2. The van der Waals surface area contributed by atoms with Gasteiger partial charge in [-0.15, -0.1) is 0 Å². The number of nitrogens with one attached hydrogen (secondary N) is 14. The number of unbranched alkanes of at least 4 members (excludes halogenated alkanes) is 1. The van der Waals surface area contributed by atoms with E-state index in [-0.39, 0.29) is 88.5 Å². The SMILES string of the molecule is CC[C@H](C)CC(=O)O[C@@H](C)[C@H](CN[C@@H](CC(=O)NCCOCCOCCOCCCNC(=O)CCCC[C@@H]1SC[C@@H]2NC(=O)N[C@@H]21)C(=O)NC)NC(=O)[C@H](CO)NC(=O)[C@@H](NC(=O)[C@H](NC(=O)[C@@H](CCC(N)=O)NC(=O)[C@H](CO)NC(=O)[C@@H](NC(=O)[C@@H](Cc1ccccc1)NC)[C@@H](C)CC)[C@@H](C)CC)[C@@H](C)CC. The molecule has 17 atom stereocenters. The third-order valence-electron chi connectivity index (χ3n) is 19.4. The monoisotopic (exact) mass is 1550 g/mol. The lowest BCUT2D eigenvalue weighted by Gasteiger charge is -2.31. The Balaban J connectivity index is 1.60. The van der Waals surface area contributed by atoms with E-state index in [1.165, 1.54) is 14.0 Å². The molecule has 0 radical (unpaired) electrons. The second kappa shape index (κ2) is 52.3. The first-order valence-corrected chi connectivity index (χ1v) is 39.1. The molecule has 0 spiro atoms. The minimum Gasteiger partial charge on any atom is -0.460 e. The molecule has 2 fully saturated rings. The summed E-state index contributed by atoms with van der Waals surface area (Å²) in [4.78, 5) is 175. The van der Waals surface area contributed by atoms with Crippen molar-refractivity contribution in [3.8, 4) is 0 Å². The van der Waals surface area contributed by atoms with Crippen molar-refractivity contribution in [3.63, 3.8) is 0 Å². The van der Waals surface area contributed by atoms with Gasteiger partial charge in [0.25, 0.3) is 0 Å². The Morgan fingerprint density at radius 2 is 1.07 bits per heavy atom. The highest BCUT2D eigenvalue weighted by molar-refractivity contribution is 8.00. The van der Waals surface area contributed by atoms with Crippen molar-refractivity contribution in [2.24, 2.45) is 29.4 Å². The average molecular weight is 1550 g/mol. The second-order valence-corrected chi connectivity index (χ2v) is 29.0. The van der Waals surface area contributed by atoms with Crippen LogP contribution >= 0.6 is 11.8 Å². The molecule has 35 heteroatoms. The molecule has 2 heterocycles. The number of esters is 1. The van der Waals surface area contributed by atoms with Gasteiger partial charge in [0.2, 0.25) is 65.0 Å². The van der Waals surface area contributed by atoms with E-state index in [2.05, 4.69) is 74.4 Å². The third-order valence-corrected chi connectivity index (χ3v) is 20.9.